The molecular weight excluding hydrogens is 391 g/mol. The van der Waals surface area contributed by atoms with Crippen molar-refractivity contribution in [3.8, 4) is 5.75 Å². The second-order valence-corrected chi connectivity index (χ2v) is 7.75. The molecule has 1 amide bonds. The number of benzene rings is 2. The SMILES string of the molecule is CCn1c(=NC(=O)COc2ccc(Cl)cc2Cl)sc2cc(C)c(C)cc21. The maximum absolute atomic E-state index is 12.3. The number of nitrogens with zero attached hydrogens (tertiary/aromatic N) is 2. The minimum absolute atomic E-state index is 0.183. The van der Waals surface area contributed by atoms with Gasteiger partial charge in [-0.3, -0.25) is 4.79 Å². The van der Waals surface area contributed by atoms with Crippen LogP contribution < -0.4 is 9.54 Å². The Morgan fingerprint density at radius 3 is 2.62 bits per heavy atom. The van der Waals surface area contributed by atoms with Crippen LogP contribution in [0.4, 0.5) is 0 Å². The first-order chi connectivity index (χ1) is 12.4. The van der Waals surface area contributed by atoms with Crippen LogP contribution in [0.1, 0.15) is 18.1 Å². The van der Waals surface area contributed by atoms with Crippen molar-refractivity contribution in [2.24, 2.45) is 4.99 Å². The van der Waals surface area contributed by atoms with Crippen LogP contribution in [0.2, 0.25) is 10.0 Å². The number of hydrogen-bond acceptors (Lipinski definition) is 3. The van der Waals surface area contributed by atoms with Gasteiger partial charge < -0.3 is 9.30 Å². The summed E-state index contributed by atoms with van der Waals surface area (Å²) in [4.78, 5) is 17.2. The Bertz CT molecular complexity index is 1050. The third-order valence-corrected chi connectivity index (χ3v) is 5.65. The Kier molecular flexibility index (Phi) is 5.70. The molecule has 0 saturated heterocycles. The minimum Gasteiger partial charge on any atom is -0.482 e. The average molecular weight is 409 g/mol. The summed E-state index contributed by atoms with van der Waals surface area (Å²) in [6, 6.07) is 9.14. The molecule has 0 fully saturated rings. The molecular formula is C19H18Cl2N2O2S. The van der Waals surface area contributed by atoms with Gasteiger partial charge in [0.2, 0.25) is 0 Å². The van der Waals surface area contributed by atoms with E-state index in [1.165, 1.54) is 22.5 Å². The van der Waals surface area contributed by atoms with Crippen molar-refractivity contribution in [2.75, 3.05) is 6.61 Å². The van der Waals surface area contributed by atoms with Gasteiger partial charge in [-0.1, -0.05) is 34.5 Å². The van der Waals surface area contributed by atoms with Gasteiger partial charge in [-0.15, -0.1) is 0 Å². The van der Waals surface area contributed by atoms with E-state index in [1.807, 2.05) is 11.5 Å². The normalized spacial score (nSPS) is 12.0. The zero-order chi connectivity index (χ0) is 18.8. The quantitative estimate of drug-likeness (QED) is 0.598. The molecule has 0 spiro atoms. The lowest BCUT2D eigenvalue weighted by molar-refractivity contribution is -0.120. The number of carbonyl (C=O) groups is 1. The van der Waals surface area contributed by atoms with E-state index in [1.54, 1.807) is 18.2 Å². The van der Waals surface area contributed by atoms with Crippen LogP contribution in [0.25, 0.3) is 10.2 Å². The monoisotopic (exact) mass is 408 g/mol. The number of halogens is 2. The Balaban J connectivity index is 1.87. The Labute approximate surface area is 165 Å². The van der Waals surface area contributed by atoms with Crippen LogP contribution >= 0.6 is 34.5 Å². The molecule has 3 aromatic rings. The highest BCUT2D eigenvalue weighted by Crippen LogP contribution is 2.27. The van der Waals surface area contributed by atoms with E-state index in [9.17, 15) is 4.79 Å². The minimum atomic E-state index is -0.363. The molecule has 1 aromatic heterocycles. The van der Waals surface area contributed by atoms with Gasteiger partial charge >= 0.3 is 0 Å². The molecule has 3 rings (SSSR count). The number of carbonyl (C=O) groups excluding carboxylic acids is 1. The van der Waals surface area contributed by atoms with Crippen LogP contribution in [0.3, 0.4) is 0 Å². The van der Waals surface area contributed by atoms with E-state index in [0.29, 0.717) is 20.6 Å². The molecule has 4 nitrogen and oxygen atoms in total. The van der Waals surface area contributed by atoms with Crippen LogP contribution in [0, 0.1) is 13.8 Å². The lowest BCUT2D eigenvalue weighted by Crippen LogP contribution is -2.18. The molecule has 136 valence electrons. The van der Waals surface area contributed by atoms with Gasteiger partial charge in [-0.05, 0) is 62.2 Å². The lowest BCUT2D eigenvalue weighted by atomic mass is 10.1. The smallest absolute Gasteiger partial charge is 0.286 e. The third-order valence-electron chi connectivity index (χ3n) is 4.08. The summed E-state index contributed by atoms with van der Waals surface area (Å²) in [5.74, 6) is 0.0452. The van der Waals surface area contributed by atoms with E-state index in [4.69, 9.17) is 27.9 Å². The predicted octanol–water partition coefficient (Wildman–Crippen LogP) is 5.15. The topological polar surface area (TPSA) is 43.6 Å². The molecule has 0 aliphatic rings. The van der Waals surface area contributed by atoms with Crippen LogP contribution in [0.5, 0.6) is 5.75 Å². The van der Waals surface area contributed by atoms with Crippen molar-refractivity contribution in [2.45, 2.75) is 27.3 Å². The van der Waals surface area contributed by atoms with E-state index in [2.05, 4.69) is 31.0 Å². The summed E-state index contributed by atoms with van der Waals surface area (Å²) in [6.45, 7) is 6.75. The van der Waals surface area contributed by atoms with Crippen molar-refractivity contribution in [3.63, 3.8) is 0 Å². The first-order valence-corrected chi connectivity index (χ1v) is 9.72. The largest absolute Gasteiger partial charge is 0.482 e. The Morgan fingerprint density at radius 1 is 1.19 bits per heavy atom. The predicted molar refractivity (Wildman–Crippen MR) is 107 cm³/mol. The van der Waals surface area contributed by atoms with E-state index < -0.39 is 0 Å². The van der Waals surface area contributed by atoms with Gasteiger partial charge in [0.1, 0.15) is 5.75 Å². The van der Waals surface area contributed by atoms with E-state index in [-0.39, 0.29) is 12.5 Å². The first kappa shape index (κ1) is 19.0. The maximum Gasteiger partial charge on any atom is 0.286 e. The highest BCUT2D eigenvalue weighted by molar-refractivity contribution is 7.16. The van der Waals surface area contributed by atoms with Crippen molar-refractivity contribution >= 4 is 50.7 Å². The van der Waals surface area contributed by atoms with Gasteiger partial charge in [-0.2, -0.15) is 4.99 Å². The Morgan fingerprint density at radius 2 is 1.92 bits per heavy atom. The number of hydrogen-bond donors (Lipinski definition) is 0. The molecule has 0 saturated carbocycles. The number of thiazole rings is 1. The highest BCUT2D eigenvalue weighted by Gasteiger charge is 2.10. The standard InChI is InChI=1S/C19H18Cl2N2O2S/c1-4-23-15-7-11(2)12(3)8-17(15)26-19(23)22-18(24)10-25-16-6-5-13(20)9-14(16)21/h5-9H,4,10H2,1-3H3. The summed E-state index contributed by atoms with van der Waals surface area (Å²) in [5.41, 5.74) is 3.53. The molecule has 0 N–H and O–H groups in total. The molecule has 2 aromatic carbocycles. The Hall–Kier alpha value is -1.82. The van der Waals surface area contributed by atoms with Crippen LogP contribution in [0.15, 0.2) is 35.3 Å². The molecule has 0 atom stereocenters. The maximum atomic E-state index is 12.3. The summed E-state index contributed by atoms with van der Waals surface area (Å²) in [7, 11) is 0. The van der Waals surface area contributed by atoms with E-state index >= 15 is 0 Å². The molecule has 0 bridgehead atoms. The number of ether oxygens (including phenoxy) is 1. The van der Waals surface area contributed by atoms with Gasteiger partial charge in [0.05, 0.1) is 15.2 Å². The van der Waals surface area contributed by atoms with Gasteiger partial charge in [0.25, 0.3) is 5.91 Å². The van der Waals surface area contributed by atoms with Crippen LogP contribution in [-0.4, -0.2) is 17.1 Å². The fourth-order valence-electron chi connectivity index (χ4n) is 2.58. The van der Waals surface area contributed by atoms with Gasteiger partial charge in [0.15, 0.2) is 11.4 Å². The molecule has 1 heterocycles. The van der Waals surface area contributed by atoms with Gasteiger partial charge in [-0.25, -0.2) is 0 Å². The van der Waals surface area contributed by atoms with Crippen molar-refractivity contribution in [1.29, 1.82) is 0 Å². The summed E-state index contributed by atoms with van der Waals surface area (Å²) < 4.78 is 8.63. The number of rotatable bonds is 4. The molecule has 0 aliphatic carbocycles. The summed E-state index contributed by atoms with van der Waals surface area (Å²) in [5, 5.41) is 0.875. The first-order valence-electron chi connectivity index (χ1n) is 8.15. The fraction of sp³-hybridized carbons (Fsp3) is 0.263. The molecule has 26 heavy (non-hydrogen) atoms. The summed E-state index contributed by atoms with van der Waals surface area (Å²) in [6.07, 6.45) is 0. The number of aromatic nitrogens is 1. The molecule has 7 heteroatoms. The van der Waals surface area contributed by atoms with Crippen molar-refractivity contribution in [1.82, 2.24) is 4.57 Å². The van der Waals surface area contributed by atoms with Crippen LogP contribution in [-0.2, 0) is 11.3 Å². The average Bonchev–Trinajstić information content (AvgIpc) is 2.90. The van der Waals surface area contributed by atoms with Gasteiger partial charge in [0, 0.05) is 11.6 Å². The second kappa shape index (κ2) is 7.82. The zero-order valence-corrected chi connectivity index (χ0v) is 17.0. The second-order valence-electron chi connectivity index (χ2n) is 5.90. The van der Waals surface area contributed by atoms with Crippen molar-refractivity contribution in [3.05, 3.63) is 56.3 Å². The molecule has 0 radical (unpaired) electrons. The van der Waals surface area contributed by atoms with Crippen molar-refractivity contribution < 1.29 is 9.53 Å². The molecule has 0 unspecified atom stereocenters. The number of amides is 1. The zero-order valence-electron chi connectivity index (χ0n) is 14.7. The summed E-state index contributed by atoms with van der Waals surface area (Å²) >= 11 is 13.4. The number of fused-ring (bicyclic) bond motifs is 1. The number of aryl methyl sites for hydroxylation is 3. The lowest BCUT2D eigenvalue weighted by Gasteiger charge is -2.06. The molecule has 0 aliphatic heterocycles. The fourth-order valence-corrected chi connectivity index (χ4v) is 4.24. The third kappa shape index (κ3) is 3.95. The van der Waals surface area contributed by atoms with E-state index in [0.717, 1.165) is 16.8 Å². The highest BCUT2D eigenvalue weighted by atomic mass is 35.5.